The van der Waals surface area contributed by atoms with Crippen LogP contribution in [-0.2, 0) is 14.8 Å². The van der Waals surface area contributed by atoms with Crippen molar-refractivity contribution in [2.75, 3.05) is 19.7 Å². The molecule has 1 fully saturated rings. The minimum atomic E-state index is -3.96. The molecule has 1 heterocycles. The fourth-order valence-electron chi connectivity index (χ4n) is 2.81. The molecule has 4 N–H and O–H groups in total. The summed E-state index contributed by atoms with van der Waals surface area (Å²) in [6.45, 7) is 5.31. The topological polar surface area (TPSA) is 128 Å². The molecule has 10 heteroatoms. The predicted octanol–water partition coefficient (Wildman–Crippen LogP) is -0.304. The smallest absolute Gasteiger partial charge is 0.263 e. The van der Waals surface area contributed by atoms with Gasteiger partial charge >= 0.3 is 0 Å². The van der Waals surface area contributed by atoms with Crippen LogP contribution < -0.4 is 15.5 Å². The van der Waals surface area contributed by atoms with Crippen LogP contribution in [0.3, 0.4) is 0 Å². The molecule has 0 aliphatic carbocycles. The van der Waals surface area contributed by atoms with Crippen LogP contribution in [-0.4, -0.2) is 66.3 Å². The van der Waals surface area contributed by atoms with Gasteiger partial charge in [-0.05, 0) is 45.0 Å². The average molecular weight is 411 g/mol. The fraction of sp³-hybridized carbons (Fsp3) is 0.500. The number of aliphatic hydroxyl groups is 1. The first kappa shape index (κ1) is 22.1. The number of nitrogens with one attached hydrogen (secondary N) is 2. The normalized spacial score (nSPS) is 20.8. The molecule has 154 valence electrons. The van der Waals surface area contributed by atoms with Crippen molar-refractivity contribution in [3.63, 3.8) is 0 Å². The molecular weight excluding hydrogens is 386 g/mol. The molecule has 1 amide bonds. The van der Waals surface area contributed by atoms with Crippen LogP contribution in [0.5, 0.6) is 5.75 Å². The van der Waals surface area contributed by atoms with Crippen LogP contribution in [0.2, 0.25) is 0 Å². The highest BCUT2D eigenvalue weighted by Gasteiger charge is 2.41. The van der Waals surface area contributed by atoms with Gasteiger partial charge in [-0.15, -0.1) is 0 Å². The van der Waals surface area contributed by atoms with Gasteiger partial charge in [0.1, 0.15) is 24.0 Å². The lowest BCUT2D eigenvalue weighted by Crippen LogP contribution is -2.63. The lowest BCUT2D eigenvalue weighted by Gasteiger charge is -2.37. The van der Waals surface area contributed by atoms with E-state index in [2.05, 4.69) is 17.2 Å². The van der Waals surface area contributed by atoms with E-state index in [-0.39, 0.29) is 18.0 Å². The maximum Gasteiger partial charge on any atom is 0.263 e. The average Bonchev–Trinajstić information content (AvgIpc) is 2.64. The first-order valence-electron chi connectivity index (χ1n) is 8.71. The summed E-state index contributed by atoms with van der Waals surface area (Å²) in [7, 11) is -3.96. The molecule has 1 saturated heterocycles. The Bertz CT molecular complexity index is 852. The summed E-state index contributed by atoms with van der Waals surface area (Å²) in [6.07, 6.45) is 0. The van der Waals surface area contributed by atoms with E-state index >= 15 is 0 Å². The van der Waals surface area contributed by atoms with E-state index < -0.39 is 33.6 Å². The van der Waals surface area contributed by atoms with Gasteiger partial charge in [0.25, 0.3) is 5.91 Å². The van der Waals surface area contributed by atoms with E-state index in [0.29, 0.717) is 12.3 Å². The summed E-state index contributed by atoms with van der Waals surface area (Å²) >= 11 is 0. The molecule has 1 aromatic rings. The summed E-state index contributed by atoms with van der Waals surface area (Å²) in [5.74, 6) is 4.91. The van der Waals surface area contributed by atoms with Gasteiger partial charge in [0.2, 0.25) is 10.0 Å². The van der Waals surface area contributed by atoms with E-state index in [1.165, 1.54) is 29.7 Å². The Morgan fingerprint density at radius 2 is 2.04 bits per heavy atom. The minimum absolute atomic E-state index is 0.00673. The van der Waals surface area contributed by atoms with Gasteiger partial charge in [-0.2, -0.15) is 4.31 Å². The van der Waals surface area contributed by atoms with Crippen LogP contribution in [0, 0.1) is 11.8 Å². The highest BCUT2D eigenvalue weighted by molar-refractivity contribution is 7.89. The number of rotatable bonds is 5. The Morgan fingerprint density at radius 3 is 2.61 bits per heavy atom. The standard InChI is InChI=1S/C18H25N3O6S/c1-13-16(17(22)20-24)21(11-10-19-13)28(25,26)15-7-5-14(6-8-15)27-12-4-9-18(2,3)23/h5-8,13,16,19,23-24H,10-12H2,1-3H3,(H,20,22). The maximum atomic E-state index is 13.0. The number of benzene rings is 1. The van der Waals surface area contributed by atoms with Crippen molar-refractivity contribution < 1.29 is 28.3 Å². The number of amides is 1. The third-order valence-corrected chi connectivity index (χ3v) is 5.99. The van der Waals surface area contributed by atoms with Crippen molar-refractivity contribution in [3.05, 3.63) is 24.3 Å². The van der Waals surface area contributed by atoms with Crippen LogP contribution in [0.1, 0.15) is 20.8 Å². The fourth-order valence-corrected chi connectivity index (χ4v) is 4.47. The Labute approximate surface area is 164 Å². The van der Waals surface area contributed by atoms with Gasteiger partial charge in [-0.25, -0.2) is 13.9 Å². The zero-order valence-corrected chi connectivity index (χ0v) is 16.8. The maximum absolute atomic E-state index is 13.0. The molecule has 2 atom stereocenters. The molecule has 0 saturated carbocycles. The number of ether oxygens (including phenoxy) is 1. The number of hydrogen-bond acceptors (Lipinski definition) is 7. The Morgan fingerprint density at radius 1 is 1.39 bits per heavy atom. The van der Waals surface area contributed by atoms with Crippen molar-refractivity contribution in [3.8, 4) is 17.6 Å². The summed E-state index contributed by atoms with van der Waals surface area (Å²) in [6, 6.07) is 4.21. The number of sulfonamides is 1. The Hall–Kier alpha value is -2.16. The Kier molecular flexibility index (Phi) is 7.03. The number of carbonyl (C=O) groups excluding carboxylic acids is 1. The lowest BCUT2D eigenvalue weighted by molar-refractivity contribution is -0.134. The van der Waals surface area contributed by atoms with Gasteiger partial charge in [-0.3, -0.25) is 10.0 Å². The minimum Gasteiger partial charge on any atom is -0.481 e. The van der Waals surface area contributed by atoms with Crippen LogP contribution in [0.15, 0.2) is 29.2 Å². The second-order valence-electron chi connectivity index (χ2n) is 6.90. The molecule has 28 heavy (non-hydrogen) atoms. The molecule has 0 radical (unpaired) electrons. The van der Waals surface area contributed by atoms with Gasteiger partial charge in [-0.1, -0.05) is 11.8 Å². The first-order valence-corrected chi connectivity index (χ1v) is 10.1. The van der Waals surface area contributed by atoms with Gasteiger partial charge in [0, 0.05) is 19.1 Å². The highest BCUT2D eigenvalue weighted by Crippen LogP contribution is 2.24. The van der Waals surface area contributed by atoms with Crippen LogP contribution >= 0.6 is 0 Å². The summed E-state index contributed by atoms with van der Waals surface area (Å²) < 4.78 is 32.5. The molecule has 0 bridgehead atoms. The largest absolute Gasteiger partial charge is 0.481 e. The number of hydroxylamine groups is 1. The lowest BCUT2D eigenvalue weighted by atomic mass is 10.1. The molecule has 9 nitrogen and oxygen atoms in total. The van der Waals surface area contributed by atoms with E-state index in [0.717, 1.165) is 4.31 Å². The molecule has 1 aliphatic rings. The summed E-state index contributed by atoms with van der Waals surface area (Å²) in [5, 5.41) is 21.5. The third kappa shape index (κ3) is 5.43. The monoisotopic (exact) mass is 411 g/mol. The molecule has 2 unspecified atom stereocenters. The molecular formula is C18H25N3O6S. The Balaban J connectivity index is 2.16. The molecule has 1 aromatic carbocycles. The molecule has 1 aliphatic heterocycles. The summed E-state index contributed by atoms with van der Waals surface area (Å²) in [5.41, 5.74) is 0.419. The number of nitrogens with zero attached hydrogens (tertiary/aromatic N) is 1. The van der Waals surface area contributed by atoms with E-state index in [9.17, 15) is 18.3 Å². The van der Waals surface area contributed by atoms with E-state index in [1.54, 1.807) is 20.8 Å². The van der Waals surface area contributed by atoms with Crippen molar-refractivity contribution in [2.45, 2.75) is 43.4 Å². The van der Waals surface area contributed by atoms with Crippen LogP contribution in [0.25, 0.3) is 0 Å². The first-order chi connectivity index (χ1) is 13.1. The number of carbonyl (C=O) groups is 1. The molecule has 0 spiro atoms. The highest BCUT2D eigenvalue weighted by atomic mass is 32.2. The second-order valence-corrected chi connectivity index (χ2v) is 8.79. The number of piperazine rings is 1. The quantitative estimate of drug-likeness (QED) is 0.297. The SMILES string of the molecule is CC1NCCN(S(=O)(=O)c2ccc(OCC#CC(C)(C)O)cc2)C1C(=O)NO. The third-order valence-electron chi connectivity index (χ3n) is 4.10. The van der Waals surface area contributed by atoms with Gasteiger partial charge < -0.3 is 15.2 Å². The van der Waals surface area contributed by atoms with Crippen molar-refractivity contribution in [2.24, 2.45) is 0 Å². The zero-order chi connectivity index (χ0) is 20.9. The van der Waals surface area contributed by atoms with Crippen molar-refractivity contribution in [1.29, 1.82) is 0 Å². The van der Waals surface area contributed by atoms with E-state index in [4.69, 9.17) is 9.94 Å². The van der Waals surface area contributed by atoms with Crippen molar-refractivity contribution >= 4 is 15.9 Å². The van der Waals surface area contributed by atoms with Gasteiger partial charge in [0.15, 0.2) is 0 Å². The molecule has 0 aromatic heterocycles. The van der Waals surface area contributed by atoms with Gasteiger partial charge in [0.05, 0.1) is 4.90 Å². The molecule has 2 rings (SSSR count). The van der Waals surface area contributed by atoms with Crippen molar-refractivity contribution in [1.82, 2.24) is 15.1 Å². The summed E-state index contributed by atoms with van der Waals surface area (Å²) in [4.78, 5) is 12.0. The second kappa shape index (κ2) is 8.89. The van der Waals surface area contributed by atoms with Crippen LogP contribution in [0.4, 0.5) is 0 Å². The van der Waals surface area contributed by atoms with E-state index in [1.807, 2.05) is 0 Å². The number of hydrogen-bond donors (Lipinski definition) is 4. The predicted molar refractivity (Wildman–Crippen MR) is 101 cm³/mol. The zero-order valence-electron chi connectivity index (χ0n) is 16.0.